The maximum Gasteiger partial charge on any atom is 0.160 e. The van der Waals surface area contributed by atoms with Gasteiger partial charge in [0.25, 0.3) is 0 Å². The molecule has 0 saturated heterocycles. The molecule has 16 heavy (non-hydrogen) atoms. The molecule has 1 aromatic rings. The van der Waals surface area contributed by atoms with E-state index in [1.165, 1.54) is 0 Å². The number of ether oxygens (including phenoxy) is 1. The van der Waals surface area contributed by atoms with E-state index in [-0.39, 0.29) is 5.82 Å². The molecule has 0 bridgehead atoms. The van der Waals surface area contributed by atoms with Crippen LogP contribution in [0.4, 0.5) is 10.1 Å². The minimum atomic E-state index is -0.276. The van der Waals surface area contributed by atoms with Crippen molar-refractivity contribution in [1.29, 1.82) is 0 Å². The molecule has 0 aliphatic carbocycles. The summed E-state index contributed by atoms with van der Waals surface area (Å²) in [5, 5.41) is 0. The van der Waals surface area contributed by atoms with E-state index in [1.807, 2.05) is 18.0 Å². The fourth-order valence-electron chi connectivity index (χ4n) is 1.38. The zero-order valence-electron chi connectivity index (χ0n) is 9.46. The van der Waals surface area contributed by atoms with Crippen LogP contribution in [0.25, 0.3) is 0 Å². The van der Waals surface area contributed by atoms with Gasteiger partial charge >= 0.3 is 0 Å². The van der Waals surface area contributed by atoms with Crippen LogP contribution in [-0.2, 0) is 11.3 Å². The summed E-state index contributed by atoms with van der Waals surface area (Å²) in [7, 11) is 3.45. The first kappa shape index (κ1) is 13.4. The minimum Gasteiger partial charge on any atom is -0.383 e. The van der Waals surface area contributed by atoms with Gasteiger partial charge in [0.2, 0.25) is 0 Å². The van der Waals surface area contributed by atoms with Crippen molar-refractivity contribution in [1.82, 2.24) is 0 Å². The number of rotatable bonds is 5. The predicted molar refractivity (Wildman–Crippen MR) is 67.1 cm³/mol. The van der Waals surface area contributed by atoms with E-state index in [0.29, 0.717) is 29.9 Å². The number of hydrogen-bond acceptors (Lipinski definition) is 3. The van der Waals surface area contributed by atoms with Crippen molar-refractivity contribution < 1.29 is 9.13 Å². The SMILES string of the molecule is COCCN(C)c1ccc(CN)c(Br)c1F. The van der Waals surface area contributed by atoms with Gasteiger partial charge in [-0.15, -0.1) is 0 Å². The quantitative estimate of drug-likeness (QED) is 0.903. The molecule has 0 heterocycles. The molecule has 0 saturated carbocycles. The van der Waals surface area contributed by atoms with E-state index < -0.39 is 0 Å². The third kappa shape index (κ3) is 2.93. The highest BCUT2D eigenvalue weighted by molar-refractivity contribution is 9.10. The van der Waals surface area contributed by atoms with Crippen molar-refractivity contribution in [2.24, 2.45) is 5.73 Å². The highest BCUT2D eigenvalue weighted by Gasteiger charge is 2.13. The summed E-state index contributed by atoms with van der Waals surface area (Å²) in [6.45, 7) is 1.52. The molecule has 0 amide bonds. The first-order valence-corrected chi connectivity index (χ1v) is 5.78. The lowest BCUT2D eigenvalue weighted by molar-refractivity contribution is 0.206. The van der Waals surface area contributed by atoms with Crippen LogP contribution in [0, 0.1) is 5.82 Å². The number of nitrogens with zero attached hydrogens (tertiary/aromatic N) is 1. The fraction of sp³-hybridized carbons (Fsp3) is 0.455. The molecule has 0 fully saturated rings. The maximum atomic E-state index is 13.9. The van der Waals surface area contributed by atoms with Crippen LogP contribution in [0.5, 0.6) is 0 Å². The normalized spacial score (nSPS) is 10.6. The van der Waals surface area contributed by atoms with E-state index in [9.17, 15) is 4.39 Å². The maximum absolute atomic E-state index is 13.9. The van der Waals surface area contributed by atoms with Gasteiger partial charge < -0.3 is 15.4 Å². The Labute approximate surface area is 104 Å². The first-order valence-electron chi connectivity index (χ1n) is 4.98. The molecule has 3 nitrogen and oxygen atoms in total. The molecule has 0 spiro atoms. The lowest BCUT2D eigenvalue weighted by atomic mass is 10.2. The molecule has 2 N–H and O–H groups in total. The Hall–Kier alpha value is -0.650. The van der Waals surface area contributed by atoms with Gasteiger partial charge in [0.15, 0.2) is 5.82 Å². The Morgan fingerprint density at radius 1 is 1.50 bits per heavy atom. The highest BCUT2D eigenvalue weighted by atomic mass is 79.9. The van der Waals surface area contributed by atoms with E-state index in [1.54, 1.807) is 13.2 Å². The predicted octanol–water partition coefficient (Wildman–Crippen LogP) is 2.13. The van der Waals surface area contributed by atoms with Gasteiger partial charge in [-0.05, 0) is 27.6 Å². The standard InChI is InChI=1S/C11H16BrFN2O/c1-15(5-6-16-2)9-4-3-8(7-14)10(12)11(9)13/h3-4H,5-7,14H2,1-2H3. The van der Waals surface area contributed by atoms with Gasteiger partial charge in [0.1, 0.15) is 0 Å². The number of benzene rings is 1. The van der Waals surface area contributed by atoms with Crippen LogP contribution in [0.1, 0.15) is 5.56 Å². The molecular weight excluding hydrogens is 275 g/mol. The Balaban J connectivity index is 2.93. The average Bonchev–Trinajstić information content (AvgIpc) is 2.29. The summed E-state index contributed by atoms with van der Waals surface area (Å²) in [5.41, 5.74) is 6.80. The molecule has 90 valence electrons. The Bertz CT molecular complexity index is 360. The van der Waals surface area contributed by atoms with E-state index in [2.05, 4.69) is 15.9 Å². The van der Waals surface area contributed by atoms with Crippen molar-refractivity contribution in [3.63, 3.8) is 0 Å². The third-order valence-electron chi connectivity index (χ3n) is 2.40. The molecule has 5 heteroatoms. The zero-order chi connectivity index (χ0) is 12.1. The van der Waals surface area contributed by atoms with Crippen LogP contribution in [0.2, 0.25) is 0 Å². The van der Waals surface area contributed by atoms with Crippen LogP contribution in [-0.4, -0.2) is 27.3 Å². The monoisotopic (exact) mass is 290 g/mol. The number of hydrogen-bond donors (Lipinski definition) is 1. The van der Waals surface area contributed by atoms with Crippen LogP contribution in [0.3, 0.4) is 0 Å². The topological polar surface area (TPSA) is 38.5 Å². The highest BCUT2D eigenvalue weighted by Crippen LogP contribution is 2.28. The number of halogens is 2. The summed E-state index contributed by atoms with van der Waals surface area (Å²) in [6, 6.07) is 3.56. The Morgan fingerprint density at radius 2 is 2.19 bits per heavy atom. The minimum absolute atomic E-state index is 0.276. The molecular formula is C11H16BrFN2O. The second kappa shape index (κ2) is 6.18. The second-order valence-electron chi connectivity index (χ2n) is 3.49. The van der Waals surface area contributed by atoms with Gasteiger partial charge in [-0.1, -0.05) is 6.07 Å². The number of anilines is 1. The van der Waals surface area contributed by atoms with Crippen LogP contribution in [0.15, 0.2) is 16.6 Å². The van der Waals surface area contributed by atoms with Gasteiger partial charge in [-0.2, -0.15) is 0 Å². The van der Waals surface area contributed by atoms with E-state index >= 15 is 0 Å². The fourth-order valence-corrected chi connectivity index (χ4v) is 1.88. The lowest BCUT2D eigenvalue weighted by Gasteiger charge is -2.20. The van der Waals surface area contributed by atoms with Crippen LogP contribution < -0.4 is 10.6 Å². The first-order chi connectivity index (χ1) is 7.61. The van der Waals surface area contributed by atoms with Crippen molar-refractivity contribution in [2.75, 3.05) is 32.2 Å². The molecule has 0 unspecified atom stereocenters. The summed E-state index contributed by atoms with van der Waals surface area (Å²) >= 11 is 3.21. The molecule has 0 aliphatic heterocycles. The molecule has 0 aromatic heterocycles. The van der Waals surface area contributed by atoms with Gasteiger partial charge in [-0.3, -0.25) is 0 Å². The van der Waals surface area contributed by atoms with Crippen molar-refractivity contribution in [3.05, 3.63) is 28.0 Å². The molecule has 1 aromatic carbocycles. The molecule has 0 aliphatic rings. The van der Waals surface area contributed by atoms with Gasteiger partial charge in [-0.25, -0.2) is 4.39 Å². The van der Waals surface area contributed by atoms with Crippen molar-refractivity contribution in [2.45, 2.75) is 6.54 Å². The number of likely N-dealkylation sites (N-methyl/N-ethyl adjacent to an activating group) is 1. The molecule has 0 atom stereocenters. The van der Waals surface area contributed by atoms with Crippen LogP contribution >= 0.6 is 15.9 Å². The third-order valence-corrected chi connectivity index (χ3v) is 3.26. The summed E-state index contributed by atoms with van der Waals surface area (Å²) < 4.78 is 19.3. The van der Waals surface area contributed by atoms with E-state index in [0.717, 1.165) is 5.56 Å². The smallest absolute Gasteiger partial charge is 0.160 e. The largest absolute Gasteiger partial charge is 0.383 e. The second-order valence-corrected chi connectivity index (χ2v) is 4.28. The lowest BCUT2D eigenvalue weighted by Crippen LogP contribution is -2.23. The van der Waals surface area contributed by atoms with Gasteiger partial charge in [0.05, 0.1) is 16.8 Å². The number of nitrogens with two attached hydrogens (primary N) is 1. The Morgan fingerprint density at radius 3 is 2.75 bits per heavy atom. The van der Waals surface area contributed by atoms with Gasteiger partial charge in [0, 0.05) is 27.2 Å². The summed E-state index contributed by atoms with van der Waals surface area (Å²) in [6.07, 6.45) is 0. The number of methoxy groups -OCH3 is 1. The molecule has 1 rings (SSSR count). The molecule has 0 radical (unpaired) electrons. The summed E-state index contributed by atoms with van der Waals surface area (Å²) in [5.74, 6) is -0.276. The van der Waals surface area contributed by atoms with E-state index in [4.69, 9.17) is 10.5 Å². The Kier molecular flexibility index (Phi) is 5.18. The van der Waals surface area contributed by atoms with Crippen molar-refractivity contribution in [3.8, 4) is 0 Å². The van der Waals surface area contributed by atoms with Crippen molar-refractivity contribution >= 4 is 21.6 Å². The zero-order valence-corrected chi connectivity index (χ0v) is 11.1. The summed E-state index contributed by atoms with van der Waals surface area (Å²) in [4.78, 5) is 1.81. The average molecular weight is 291 g/mol.